The van der Waals surface area contributed by atoms with E-state index < -0.39 is 0 Å². The third-order valence-electron chi connectivity index (χ3n) is 4.61. The van der Waals surface area contributed by atoms with Gasteiger partial charge in [-0.1, -0.05) is 24.3 Å². The quantitative estimate of drug-likeness (QED) is 0.734. The van der Waals surface area contributed by atoms with E-state index in [1.54, 1.807) is 0 Å². The molecule has 1 aliphatic rings. The van der Waals surface area contributed by atoms with E-state index in [2.05, 4.69) is 27.9 Å². The number of rotatable bonds is 4. The van der Waals surface area contributed by atoms with Gasteiger partial charge in [-0.25, -0.2) is 4.39 Å². The summed E-state index contributed by atoms with van der Waals surface area (Å²) in [6.07, 6.45) is 1.62. The van der Waals surface area contributed by atoms with Gasteiger partial charge in [0.2, 0.25) is 0 Å². The Kier molecular flexibility index (Phi) is 5.50. The second-order valence-electron chi connectivity index (χ2n) is 6.06. The normalized spacial score (nSPS) is 16.6. The van der Waals surface area contributed by atoms with Crippen molar-refractivity contribution in [1.82, 2.24) is 5.32 Å². The van der Waals surface area contributed by atoms with Crippen molar-refractivity contribution in [3.8, 4) is 0 Å². The van der Waals surface area contributed by atoms with E-state index in [1.807, 2.05) is 36.4 Å². The first kappa shape index (κ1) is 17.4. The number of hydrogen-bond donors (Lipinski definition) is 1. The maximum atomic E-state index is 13.3. The molecular weight excluding hydrogens is 420 g/mol. The van der Waals surface area contributed by atoms with E-state index in [1.165, 1.54) is 12.1 Å². The molecular formula is C19H19FINO2. The molecule has 1 aliphatic heterocycles. The van der Waals surface area contributed by atoms with Gasteiger partial charge in [0.15, 0.2) is 0 Å². The molecule has 0 saturated carbocycles. The summed E-state index contributed by atoms with van der Waals surface area (Å²) in [5.41, 5.74) is 1.52. The van der Waals surface area contributed by atoms with Crippen LogP contribution >= 0.6 is 22.6 Å². The van der Waals surface area contributed by atoms with Crippen molar-refractivity contribution in [3.05, 3.63) is 69.0 Å². The molecule has 3 rings (SSSR count). The summed E-state index contributed by atoms with van der Waals surface area (Å²) in [6, 6.07) is 14.1. The first-order chi connectivity index (χ1) is 11.6. The van der Waals surface area contributed by atoms with Crippen molar-refractivity contribution in [1.29, 1.82) is 0 Å². The number of carbonyl (C=O) groups excluding carboxylic acids is 1. The maximum absolute atomic E-state index is 13.3. The van der Waals surface area contributed by atoms with Gasteiger partial charge in [0.05, 0.1) is 5.56 Å². The highest BCUT2D eigenvalue weighted by atomic mass is 127. The Morgan fingerprint density at radius 2 is 1.79 bits per heavy atom. The lowest BCUT2D eigenvalue weighted by Crippen LogP contribution is -2.44. The SMILES string of the molecule is O=C(NCC1(c2ccc(F)cc2)CCOCC1)c1ccccc1I. The zero-order valence-corrected chi connectivity index (χ0v) is 15.4. The highest BCUT2D eigenvalue weighted by molar-refractivity contribution is 14.1. The lowest BCUT2D eigenvalue weighted by atomic mass is 9.74. The van der Waals surface area contributed by atoms with Gasteiger partial charge in [0.25, 0.3) is 5.91 Å². The summed E-state index contributed by atoms with van der Waals surface area (Å²) >= 11 is 2.17. The molecule has 1 N–H and O–H groups in total. The minimum atomic E-state index is -0.246. The zero-order valence-electron chi connectivity index (χ0n) is 13.2. The number of ether oxygens (including phenoxy) is 1. The van der Waals surface area contributed by atoms with Gasteiger partial charge in [-0.2, -0.15) is 0 Å². The average Bonchev–Trinajstić information content (AvgIpc) is 2.61. The van der Waals surface area contributed by atoms with Crippen LogP contribution in [0.25, 0.3) is 0 Å². The standard InChI is InChI=1S/C19H19FINO2/c20-15-7-5-14(6-8-15)19(9-11-24-12-10-19)13-22-18(23)16-3-1-2-4-17(16)21/h1-8H,9-13H2,(H,22,23). The lowest BCUT2D eigenvalue weighted by molar-refractivity contribution is 0.0487. The number of halogens is 2. The van der Waals surface area contributed by atoms with Crippen LogP contribution in [0.2, 0.25) is 0 Å². The molecule has 1 amide bonds. The zero-order chi connectivity index (χ0) is 17.0. The molecule has 2 aromatic rings. The van der Waals surface area contributed by atoms with Gasteiger partial charge in [-0.05, 0) is 65.3 Å². The molecule has 1 fully saturated rings. The first-order valence-corrected chi connectivity index (χ1v) is 9.05. The van der Waals surface area contributed by atoms with Gasteiger partial charge in [0, 0.05) is 28.7 Å². The van der Waals surface area contributed by atoms with Crippen molar-refractivity contribution in [2.75, 3.05) is 19.8 Å². The minimum Gasteiger partial charge on any atom is -0.381 e. The fourth-order valence-electron chi connectivity index (χ4n) is 3.12. The Morgan fingerprint density at radius 1 is 1.12 bits per heavy atom. The van der Waals surface area contributed by atoms with Crippen molar-refractivity contribution >= 4 is 28.5 Å². The molecule has 0 spiro atoms. The lowest BCUT2D eigenvalue weighted by Gasteiger charge is -2.38. The molecule has 0 radical (unpaired) electrons. The molecule has 1 heterocycles. The molecule has 0 bridgehead atoms. The third-order valence-corrected chi connectivity index (χ3v) is 5.55. The fourth-order valence-corrected chi connectivity index (χ4v) is 3.76. The number of hydrogen-bond acceptors (Lipinski definition) is 2. The smallest absolute Gasteiger partial charge is 0.252 e. The molecule has 0 aliphatic carbocycles. The molecule has 0 atom stereocenters. The highest BCUT2D eigenvalue weighted by Crippen LogP contribution is 2.34. The second-order valence-corrected chi connectivity index (χ2v) is 7.22. The topological polar surface area (TPSA) is 38.3 Å². The molecule has 2 aromatic carbocycles. The van der Waals surface area contributed by atoms with Crippen LogP contribution in [0.5, 0.6) is 0 Å². The van der Waals surface area contributed by atoms with Crippen molar-refractivity contribution in [3.63, 3.8) is 0 Å². The van der Waals surface area contributed by atoms with E-state index in [0.29, 0.717) is 25.3 Å². The Morgan fingerprint density at radius 3 is 2.46 bits per heavy atom. The van der Waals surface area contributed by atoms with E-state index in [-0.39, 0.29) is 17.1 Å². The van der Waals surface area contributed by atoms with Gasteiger partial charge < -0.3 is 10.1 Å². The number of nitrogens with one attached hydrogen (secondary N) is 1. The average molecular weight is 439 g/mol. The molecule has 1 saturated heterocycles. The summed E-state index contributed by atoms with van der Waals surface area (Å²) in [4.78, 5) is 12.5. The van der Waals surface area contributed by atoms with Crippen LogP contribution in [-0.2, 0) is 10.2 Å². The van der Waals surface area contributed by atoms with Gasteiger partial charge in [-0.15, -0.1) is 0 Å². The monoisotopic (exact) mass is 439 g/mol. The Hall–Kier alpha value is -1.47. The molecule has 0 aromatic heterocycles. The van der Waals surface area contributed by atoms with E-state index in [0.717, 1.165) is 22.0 Å². The first-order valence-electron chi connectivity index (χ1n) is 7.97. The summed E-state index contributed by atoms with van der Waals surface area (Å²) in [5, 5.41) is 3.07. The summed E-state index contributed by atoms with van der Waals surface area (Å²) in [6.45, 7) is 1.82. The van der Waals surface area contributed by atoms with Crippen LogP contribution in [0.15, 0.2) is 48.5 Å². The summed E-state index contributed by atoms with van der Waals surface area (Å²) in [7, 11) is 0. The molecule has 24 heavy (non-hydrogen) atoms. The largest absolute Gasteiger partial charge is 0.381 e. The van der Waals surface area contributed by atoms with Crippen LogP contribution in [0, 0.1) is 9.39 Å². The van der Waals surface area contributed by atoms with Gasteiger partial charge in [0.1, 0.15) is 5.82 Å². The Labute approximate surface area is 154 Å². The van der Waals surface area contributed by atoms with Crippen molar-refractivity contribution in [2.45, 2.75) is 18.3 Å². The van der Waals surface area contributed by atoms with Crippen LogP contribution in [0.1, 0.15) is 28.8 Å². The highest BCUT2D eigenvalue weighted by Gasteiger charge is 2.35. The van der Waals surface area contributed by atoms with Gasteiger partial charge >= 0.3 is 0 Å². The number of benzene rings is 2. The van der Waals surface area contributed by atoms with Crippen LogP contribution < -0.4 is 5.32 Å². The Balaban J connectivity index is 1.79. The summed E-state index contributed by atoms with van der Waals surface area (Å²) in [5.74, 6) is -0.322. The summed E-state index contributed by atoms with van der Waals surface area (Å²) < 4.78 is 19.7. The van der Waals surface area contributed by atoms with E-state index >= 15 is 0 Å². The maximum Gasteiger partial charge on any atom is 0.252 e. The molecule has 126 valence electrons. The number of amides is 1. The minimum absolute atomic E-state index is 0.0759. The molecule has 0 unspecified atom stereocenters. The van der Waals surface area contributed by atoms with Crippen LogP contribution in [0.3, 0.4) is 0 Å². The predicted molar refractivity (Wildman–Crippen MR) is 99.6 cm³/mol. The molecule has 3 nitrogen and oxygen atoms in total. The van der Waals surface area contributed by atoms with Gasteiger partial charge in [-0.3, -0.25) is 4.79 Å². The number of carbonyl (C=O) groups is 1. The fraction of sp³-hybridized carbons (Fsp3) is 0.316. The van der Waals surface area contributed by atoms with Crippen molar-refractivity contribution in [2.24, 2.45) is 0 Å². The second kappa shape index (κ2) is 7.61. The van der Waals surface area contributed by atoms with Crippen LogP contribution in [0.4, 0.5) is 4.39 Å². The predicted octanol–water partition coefficient (Wildman–Crippen LogP) is 3.91. The molecule has 5 heteroatoms. The third kappa shape index (κ3) is 3.78. The van der Waals surface area contributed by atoms with Crippen molar-refractivity contribution < 1.29 is 13.9 Å². The van der Waals surface area contributed by atoms with E-state index in [9.17, 15) is 9.18 Å². The van der Waals surface area contributed by atoms with E-state index in [4.69, 9.17) is 4.74 Å². The Bertz CT molecular complexity index is 712. The van der Waals surface area contributed by atoms with Crippen LogP contribution in [-0.4, -0.2) is 25.7 Å².